The Morgan fingerprint density at radius 3 is 2.41 bits per heavy atom. The highest BCUT2D eigenvalue weighted by Crippen LogP contribution is 1.96. The molecule has 0 bridgehead atoms. The van der Waals surface area contributed by atoms with Crippen LogP contribution in [0.1, 0.15) is 40.5 Å². The Kier molecular flexibility index (Phi) is 10.5. The fourth-order valence-corrected chi connectivity index (χ4v) is 1.05. The normalized spacial score (nSPS) is 11.6. The molecule has 0 aliphatic rings. The minimum absolute atomic E-state index is 0. The maximum atomic E-state index is 11.2. The summed E-state index contributed by atoms with van der Waals surface area (Å²) in [6.45, 7) is 9.17. The van der Waals surface area contributed by atoms with E-state index < -0.39 is 0 Å². The quantitative estimate of drug-likeness (QED) is 0.394. The van der Waals surface area contributed by atoms with Crippen LogP contribution in [0.5, 0.6) is 0 Å². The lowest BCUT2D eigenvalue weighted by Gasteiger charge is -2.20. The molecule has 0 radical (unpaired) electrons. The topological polar surface area (TPSA) is 79.5 Å². The number of carbonyl (C=O) groups is 1. The molecule has 102 valence electrons. The van der Waals surface area contributed by atoms with Crippen molar-refractivity contribution in [3.63, 3.8) is 0 Å². The summed E-state index contributed by atoms with van der Waals surface area (Å²) in [4.78, 5) is 15.3. The van der Waals surface area contributed by atoms with Gasteiger partial charge in [0.1, 0.15) is 0 Å². The summed E-state index contributed by atoms with van der Waals surface area (Å²) >= 11 is 0. The van der Waals surface area contributed by atoms with Crippen LogP contribution in [-0.2, 0) is 4.79 Å². The van der Waals surface area contributed by atoms with Crippen LogP contribution >= 0.6 is 24.0 Å². The van der Waals surface area contributed by atoms with Gasteiger partial charge in [-0.1, -0.05) is 6.92 Å². The van der Waals surface area contributed by atoms with E-state index in [1.807, 2.05) is 27.7 Å². The smallest absolute Gasteiger partial charge is 0.221 e. The molecule has 17 heavy (non-hydrogen) atoms. The molecule has 0 spiro atoms. The number of nitrogens with two attached hydrogens (primary N) is 1. The lowest BCUT2D eigenvalue weighted by molar-refractivity contribution is -0.120. The van der Waals surface area contributed by atoms with Gasteiger partial charge < -0.3 is 16.4 Å². The second-order valence-electron chi connectivity index (χ2n) is 4.74. The SMILES string of the molecule is CCCNC(=O)CCN=C(N)NC(C)(C)C.I. The summed E-state index contributed by atoms with van der Waals surface area (Å²) in [6.07, 6.45) is 1.33. The van der Waals surface area contributed by atoms with Gasteiger partial charge in [-0.15, -0.1) is 24.0 Å². The fourth-order valence-electron chi connectivity index (χ4n) is 1.05. The molecule has 1 amide bonds. The van der Waals surface area contributed by atoms with Crippen LogP contribution in [0.2, 0.25) is 0 Å². The highest BCUT2D eigenvalue weighted by molar-refractivity contribution is 14.0. The molecule has 0 atom stereocenters. The van der Waals surface area contributed by atoms with Gasteiger partial charge in [-0.25, -0.2) is 0 Å². The summed E-state index contributed by atoms with van der Waals surface area (Å²) in [5.41, 5.74) is 5.55. The molecule has 0 aromatic rings. The summed E-state index contributed by atoms with van der Waals surface area (Å²) < 4.78 is 0. The standard InChI is InChI=1S/C11H24N4O.HI/c1-5-7-13-9(16)6-8-14-10(12)15-11(2,3)4;/h5-8H2,1-4H3,(H,13,16)(H3,12,14,15);1H. The molecular weight excluding hydrogens is 331 g/mol. The van der Waals surface area contributed by atoms with Crippen LogP contribution in [-0.4, -0.2) is 30.5 Å². The first kappa shape index (κ1) is 18.8. The number of guanidine groups is 1. The van der Waals surface area contributed by atoms with Crippen LogP contribution in [0.3, 0.4) is 0 Å². The van der Waals surface area contributed by atoms with E-state index in [1.54, 1.807) is 0 Å². The molecule has 5 nitrogen and oxygen atoms in total. The average molecular weight is 356 g/mol. The van der Waals surface area contributed by atoms with Crippen LogP contribution in [0.15, 0.2) is 4.99 Å². The van der Waals surface area contributed by atoms with Crippen molar-refractivity contribution in [2.75, 3.05) is 13.1 Å². The Hall–Kier alpha value is -0.530. The van der Waals surface area contributed by atoms with E-state index in [2.05, 4.69) is 15.6 Å². The van der Waals surface area contributed by atoms with Crippen molar-refractivity contribution in [2.45, 2.75) is 46.1 Å². The zero-order chi connectivity index (χ0) is 12.6. The minimum atomic E-state index is -0.0992. The maximum absolute atomic E-state index is 11.2. The predicted molar refractivity (Wildman–Crippen MR) is 82.7 cm³/mol. The average Bonchev–Trinajstić information content (AvgIpc) is 2.11. The second kappa shape index (κ2) is 9.49. The van der Waals surface area contributed by atoms with E-state index in [9.17, 15) is 4.79 Å². The van der Waals surface area contributed by atoms with E-state index in [0.29, 0.717) is 18.9 Å². The molecule has 0 fully saturated rings. The van der Waals surface area contributed by atoms with Crippen LogP contribution < -0.4 is 16.4 Å². The molecule has 6 heteroatoms. The van der Waals surface area contributed by atoms with Crippen molar-refractivity contribution in [1.29, 1.82) is 0 Å². The van der Waals surface area contributed by atoms with Crippen molar-refractivity contribution in [2.24, 2.45) is 10.7 Å². The molecule has 0 aliphatic carbocycles. The van der Waals surface area contributed by atoms with E-state index >= 15 is 0 Å². The van der Waals surface area contributed by atoms with Gasteiger partial charge in [0.15, 0.2) is 5.96 Å². The molecule has 0 saturated heterocycles. The fraction of sp³-hybridized carbons (Fsp3) is 0.818. The van der Waals surface area contributed by atoms with Gasteiger partial charge in [-0.05, 0) is 27.2 Å². The highest BCUT2D eigenvalue weighted by Gasteiger charge is 2.09. The van der Waals surface area contributed by atoms with E-state index in [4.69, 9.17) is 5.73 Å². The molecule has 4 N–H and O–H groups in total. The first-order chi connectivity index (χ1) is 7.35. The number of hydrogen-bond donors (Lipinski definition) is 3. The van der Waals surface area contributed by atoms with E-state index in [-0.39, 0.29) is 35.4 Å². The van der Waals surface area contributed by atoms with Gasteiger partial charge in [0.05, 0.1) is 6.54 Å². The summed E-state index contributed by atoms with van der Waals surface area (Å²) in [6, 6.07) is 0. The zero-order valence-corrected chi connectivity index (χ0v) is 13.5. The third-order valence-corrected chi connectivity index (χ3v) is 1.70. The number of aliphatic imine (C=N–C) groups is 1. The van der Waals surface area contributed by atoms with Crippen LogP contribution in [0, 0.1) is 0 Å². The monoisotopic (exact) mass is 356 g/mol. The number of carbonyl (C=O) groups excluding carboxylic acids is 1. The van der Waals surface area contributed by atoms with Gasteiger partial charge in [-0.3, -0.25) is 9.79 Å². The third-order valence-electron chi connectivity index (χ3n) is 1.70. The Balaban J connectivity index is 0. The summed E-state index contributed by atoms with van der Waals surface area (Å²) in [5, 5.41) is 5.82. The first-order valence-electron chi connectivity index (χ1n) is 5.70. The molecule has 0 aliphatic heterocycles. The van der Waals surface area contributed by atoms with Crippen molar-refractivity contribution in [1.82, 2.24) is 10.6 Å². The number of halogens is 1. The van der Waals surface area contributed by atoms with Crippen LogP contribution in [0.25, 0.3) is 0 Å². The molecule has 0 aromatic carbocycles. The van der Waals surface area contributed by atoms with Crippen molar-refractivity contribution < 1.29 is 4.79 Å². The number of nitrogens with zero attached hydrogens (tertiary/aromatic N) is 1. The minimum Gasteiger partial charge on any atom is -0.370 e. The van der Waals surface area contributed by atoms with E-state index in [0.717, 1.165) is 13.0 Å². The predicted octanol–water partition coefficient (Wildman–Crippen LogP) is 1.22. The molecule has 0 saturated carbocycles. The summed E-state index contributed by atoms with van der Waals surface area (Å²) in [5.74, 6) is 0.407. The highest BCUT2D eigenvalue weighted by atomic mass is 127. The van der Waals surface area contributed by atoms with Gasteiger partial charge >= 0.3 is 0 Å². The maximum Gasteiger partial charge on any atom is 0.221 e. The largest absolute Gasteiger partial charge is 0.370 e. The number of hydrogen-bond acceptors (Lipinski definition) is 2. The lowest BCUT2D eigenvalue weighted by atomic mass is 10.1. The second-order valence-corrected chi connectivity index (χ2v) is 4.74. The summed E-state index contributed by atoms with van der Waals surface area (Å²) in [7, 11) is 0. The van der Waals surface area contributed by atoms with Crippen molar-refractivity contribution in [3.8, 4) is 0 Å². The molecule has 0 rings (SSSR count). The Morgan fingerprint density at radius 1 is 1.35 bits per heavy atom. The van der Waals surface area contributed by atoms with Gasteiger partial charge in [0, 0.05) is 18.5 Å². The number of amides is 1. The van der Waals surface area contributed by atoms with Crippen molar-refractivity contribution >= 4 is 35.8 Å². The van der Waals surface area contributed by atoms with Gasteiger partial charge in [0.25, 0.3) is 0 Å². The number of rotatable bonds is 5. The Morgan fingerprint density at radius 2 is 1.94 bits per heavy atom. The molecule has 0 unspecified atom stereocenters. The van der Waals surface area contributed by atoms with Crippen molar-refractivity contribution in [3.05, 3.63) is 0 Å². The zero-order valence-electron chi connectivity index (χ0n) is 11.2. The Labute approximate surface area is 121 Å². The lowest BCUT2D eigenvalue weighted by Crippen LogP contribution is -2.45. The number of nitrogens with one attached hydrogen (secondary N) is 2. The van der Waals surface area contributed by atoms with Gasteiger partial charge in [0.2, 0.25) is 5.91 Å². The Bertz CT molecular complexity index is 248. The first-order valence-corrected chi connectivity index (χ1v) is 5.70. The molecular formula is C11H25IN4O. The third kappa shape index (κ3) is 13.4. The molecule has 0 aromatic heterocycles. The molecule has 0 heterocycles. The van der Waals surface area contributed by atoms with Crippen LogP contribution in [0.4, 0.5) is 0 Å². The van der Waals surface area contributed by atoms with Gasteiger partial charge in [-0.2, -0.15) is 0 Å². The van der Waals surface area contributed by atoms with E-state index in [1.165, 1.54) is 0 Å².